The van der Waals surface area contributed by atoms with E-state index in [2.05, 4.69) is 11.1 Å². The Bertz CT molecular complexity index is 972. The summed E-state index contributed by atoms with van der Waals surface area (Å²) in [6.07, 6.45) is 3.98. The fourth-order valence-corrected chi connectivity index (χ4v) is 3.59. The van der Waals surface area contributed by atoms with Crippen LogP contribution >= 0.6 is 0 Å². The first-order valence-electron chi connectivity index (χ1n) is 8.57. The predicted octanol–water partition coefficient (Wildman–Crippen LogP) is 4.46. The quantitative estimate of drug-likeness (QED) is 0.688. The van der Waals surface area contributed by atoms with E-state index in [1.807, 2.05) is 41.5 Å². The molecule has 5 heteroatoms. The lowest BCUT2D eigenvalue weighted by atomic mass is 9.96. The molecule has 0 radical (unpaired) electrons. The number of para-hydroxylation sites is 1. The largest absolute Gasteiger partial charge is 0.464 e. The maximum Gasteiger partial charge on any atom is 0.213 e. The first-order chi connectivity index (χ1) is 12.8. The summed E-state index contributed by atoms with van der Waals surface area (Å²) in [5.41, 5.74) is 3.99. The Hall–Kier alpha value is -3.21. The molecule has 2 aliphatic rings. The second-order valence-electron chi connectivity index (χ2n) is 6.45. The Morgan fingerprint density at radius 2 is 1.85 bits per heavy atom. The second kappa shape index (κ2) is 5.95. The highest BCUT2D eigenvalue weighted by Gasteiger charge is 2.40. The zero-order valence-corrected chi connectivity index (χ0v) is 13.9. The van der Waals surface area contributed by atoms with E-state index >= 15 is 0 Å². The van der Waals surface area contributed by atoms with Crippen molar-refractivity contribution in [2.45, 2.75) is 18.7 Å². The van der Waals surface area contributed by atoms with Gasteiger partial charge in [0, 0.05) is 35.5 Å². The molecule has 0 saturated carbocycles. The van der Waals surface area contributed by atoms with Crippen molar-refractivity contribution in [2.24, 2.45) is 5.10 Å². The van der Waals surface area contributed by atoms with E-state index in [0.29, 0.717) is 0 Å². The van der Waals surface area contributed by atoms with Crippen LogP contribution in [-0.4, -0.2) is 15.7 Å². The van der Waals surface area contributed by atoms with Crippen molar-refractivity contribution in [2.75, 3.05) is 0 Å². The number of hydrazone groups is 1. The molecule has 2 aromatic carbocycles. The van der Waals surface area contributed by atoms with Crippen LogP contribution in [0.15, 0.2) is 78.2 Å². The minimum Gasteiger partial charge on any atom is -0.464 e. The number of hydrogen-bond donors (Lipinski definition) is 0. The van der Waals surface area contributed by atoms with Gasteiger partial charge < -0.3 is 4.74 Å². The fourth-order valence-electron chi connectivity index (χ4n) is 3.59. The highest BCUT2D eigenvalue weighted by molar-refractivity contribution is 6.01. The fraction of sp³-hybridized carbons (Fsp3) is 0.143. The van der Waals surface area contributed by atoms with Gasteiger partial charge in [0.1, 0.15) is 11.6 Å². The number of nitrogens with zero attached hydrogens (tertiary/aromatic N) is 3. The van der Waals surface area contributed by atoms with Crippen LogP contribution in [0.2, 0.25) is 0 Å². The Kier molecular flexibility index (Phi) is 3.45. The lowest BCUT2D eigenvalue weighted by Gasteiger charge is -2.38. The van der Waals surface area contributed by atoms with Gasteiger partial charge in [-0.2, -0.15) is 5.10 Å². The van der Waals surface area contributed by atoms with Crippen LogP contribution in [0.1, 0.15) is 35.4 Å². The monoisotopic (exact) mass is 345 g/mol. The standard InChI is InChI=1S/C21H16FN3O/c22-16-9-7-14(8-10-16)21-25-19(17-5-1-2-6-20(17)26-21)12-18(24-25)15-4-3-11-23-13-15/h1-11,13,19,21H,12H2/t19-,21+/m1/s1. The Labute approximate surface area is 150 Å². The summed E-state index contributed by atoms with van der Waals surface area (Å²) in [5.74, 6) is 0.591. The average molecular weight is 345 g/mol. The molecule has 1 aromatic heterocycles. The molecule has 0 aliphatic carbocycles. The first-order valence-corrected chi connectivity index (χ1v) is 8.57. The summed E-state index contributed by atoms with van der Waals surface area (Å²) in [7, 11) is 0. The summed E-state index contributed by atoms with van der Waals surface area (Å²) < 4.78 is 19.6. The number of fused-ring (bicyclic) bond motifs is 3. The van der Waals surface area contributed by atoms with E-state index in [0.717, 1.165) is 34.6 Å². The zero-order valence-electron chi connectivity index (χ0n) is 13.9. The molecule has 0 bridgehead atoms. The Morgan fingerprint density at radius 1 is 1.00 bits per heavy atom. The molecule has 2 atom stereocenters. The van der Waals surface area contributed by atoms with Crippen LogP contribution in [0, 0.1) is 5.82 Å². The van der Waals surface area contributed by atoms with Gasteiger partial charge in [0.15, 0.2) is 0 Å². The molecule has 2 aliphatic heterocycles. The SMILES string of the molecule is Fc1ccc([C@@H]2Oc3ccccc3[C@H]3CC(c4cccnc4)=NN32)cc1. The second-order valence-corrected chi connectivity index (χ2v) is 6.45. The van der Waals surface area contributed by atoms with Crippen LogP contribution < -0.4 is 4.74 Å². The van der Waals surface area contributed by atoms with Crippen LogP contribution in [0.5, 0.6) is 5.75 Å². The van der Waals surface area contributed by atoms with E-state index in [9.17, 15) is 4.39 Å². The molecule has 3 aromatic rings. The van der Waals surface area contributed by atoms with Crippen LogP contribution in [0.4, 0.5) is 4.39 Å². The summed E-state index contributed by atoms with van der Waals surface area (Å²) >= 11 is 0. The zero-order chi connectivity index (χ0) is 17.5. The molecule has 4 nitrogen and oxygen atoms in total. The van der Waals surface area contributed by atoms with Crippen molar-refractivity contribution in [1.29, 1.82) is 0 Å². The summed E-state index contributed by atoms with van der Waals surface area (Å²) in [4.78, 5) is 4.21. The summed E-state index contributed by atoms with van der Waals surface area (Å²) in [6, 6.07) is 18.5. The van der Waals surface area contributed by atoms with Gasteiger partial charge in [-0.15, -0.1) is 0 Å². The van der Waals surface area contributed by atoms with E-state index in [4.69, 9.17) is 9.84 Å². The number of halogens is 1. The molecule has 0 N–H and O–H groups in total. The lowest BCUT2D eigenvalue weighted by molar-refractivity contribution is -0.0190. The van der Waals surface area contributed by atoms with Gasteiger partial charge in [-0.25, -0.2) is 9.40 Å². The lowest BCUT2D eigenvalue weighted by Crippen LogP contribution is -2.33. The van der Waals surface area contributed by atoms with Crippen molar-refractivity contribution >= 4 is 5.71 Å². The van der Waals surface area contributed by atoms with Crippen molar-refractivity contribution in [3.63, 3.8) is 0 Å². The van der Waals surface area contributed by atoms with Gasteiger partial charge in [-0.3, -0.25) is 4.98 Å². The maximum absolute atomic E-state index is 13.4. The van der Waals surface area contributed by atoms with Gasteiger partial charge >= 0.3 is 0 Å². The highest BCUT2D eigenvalue weighted by atomic mass is 19.1. The van der Waals surface area contributed by atoms with Crippen LogP contribution in [0.3, 0.4) is 0 Å². The highest BCUT2D eigenvalue weighted by Crippen LogP contribution is 2.47. The number of pyridine rings is 1. The third-order valence-electron chi connectivity index (χ3n) is 4.85. The number of ether oxygens (including phenoxy) is 1. The molecule has 0 amide bonds. The van der Waals surface area contributed by atoms with Gasteiger partial charge in [-0.05, 0) is 24.3 Å². The Balaban J connectivity index is 1.60. The molecule has 3 heterocycles. The average Bonchev–Trinajstić information content (AvgIpc) is 3.14. The molecule has 0 spiro atoms. The van der Waals surface area contributed by atoms with E-state index in [1.165, 1.54) is 12.1 Å². The van der Waals surface area contributed by atoms with Gasteiger partial charge in [0.25, 0.3) is 0 Å². The predicted molar refractivity (Wildman–Crippen MR) is 96.2 cm³/mol. The van der Waals surface area contributed by atoms with Crippen molar-refractivity contribution in [1.82, 2.24) is 9.99 Å². The van der Waals surface area contributed by atoms with Gasteiger partial charge in [-0.1, -0.05) is 36.4 Å². The minimum atomic E-state index is -0.385. The van der Waals surface area contributed by atoms with Crippen molar-refractivity contribution in [3.8, 4) is 5.75 Å². The third kappa shape index (κ3) is 2.44. The molecule has 0 unspecified atom stereocenters. The maximum atomic E-state index is 13.4. The number of aromatic nitrogens is 1. The van der Waals surface area contributed by atoms with Crippen LogP contribution in [-0.2, 0) is 0 Å². The van der Waals surface area contributed by atoms with Gasteiger partial charge in [0.05, 0.1) is 11.8 Å². The number of rotatable bonds is 2. The smallest absolute Gasteiger partial charge is 0.213 e. The van der Waals surface area contributed by atoms with Crippen LogP contribution in [0.25, 0.3) is 0 Å². The molecule has 26 heavy (non-hydrogen) atoms. The molecular formula is C21H16FN3O. The number of hydrogen-bond acceptors (Lipinski definition) is 4. The normalized spacial score (nSPS) is 20.8. The molecule has 5 rings (SSSR count). The van der Waals surface area contributed by atoms with E-state index < -0.39 is 0 Å². The molecular weight excluding hydrogens is 329 g/mol. The molecule has 128 valence electrons. The minimum absolute atomic E-state index is 0.0882. The first kappa shape index (κ1) is 15.1. The summed E-state index contributed by atoms with van der Waals surface area (Å²) in [6.45, 7) is 0. The van der Waals surface area contributed by atoms with Gasteiger partial charge in [0.2, 0.25) is 6.23 Å². The van der Waals surface area contributed by atoms with E-state index in [-0.39, 0.29) is 18.1 Å². The number of benzene rings is 2. The topological polar surface area (TPSA) is 37.7 Å². The van der Waals surface area contributed by atoms with Crippen molar-refractivity contribution < 1.29 is 9.13 Å². The molecule has 0 saturated heterocycles. The Morgan fingerprint density at radius 3 is 2.65 bits per heavy atom. The third-order valence-corrected chi connectivity index (χ3v) is 4.85. The van der Waals surface area contributed by atoms with E-state index in [1.54, 1.807) is 18.3 Å². The summed E-state index contributed by atoms with van der Waals surface area (Å²) in [5, 5.41) is 6.83. The molecule has 0 fully saturated rings. The van der Waals surface area contributed by atoms with Crippen molar-refractivity contribution in [3.05, 3.63) is 95.6 Å².